The van der Waals surface area contributed by atoms with Gasteiger partial charge in [0.15, 0.2) is 0 Å². The Morgan fingerprint density at radius 2 is 1.88 bits per heavy atom. The van der Waals surface area contributed by atoms with E-state index in [0.717, 1.165) is 11.3 Å². The molecule has 0 aliphatic carbocycles. The Bertz CT molecular complexity index is 895. The molecule has 0 saturated carbocycles. The average Bonchev–Trinajstić information content (AvgIpc) is 2.91. The molecule has 6 heteroatoms. The van der Waals surface area contributed by atoms with E-state index in [0.29, 0.717) is 28.6 Å². The highest BCUT2D eigenvalue weighted by Gasteiger charge is 2.17. The highest BCUT2D eigenvalue weighted by molar-refractivity contribution is 6.05. The Hall–Kier alpha value is -3.15. The van der Waals surface area contributed by atoms with Crippen LogP contribution in [0, 0.1) is 27.7 Å². The van der Waals surface area contributed by atoms with Crippen LogP contribution in [-0.4, -0.2) is 16.0 Å². The highest BCUT2D eigenvalue weighted by atomic mass is 16.5. The molecule has 2 heterocycles. The van der Waals surface area contributed by atoms with E-state index in [1.807, 2.05) is 32.0 Å². The first-order valence-corrected chi connectivity index (χ1v) is 7.89. The van der Waals surface area contributed by atoms with Crippen molar-refractivity contribution in [3.8, 4) is 11.6 Å². The van der Waals surface area contributed by atoms with Crippen molar-refractivity contribution < 1.29 is 14.1 Å². The van der Waals surface area contributed by atoms with E-state index < -0.39 is 0 Å². The zero-order valence-corrected chi connectivity index (χ0v) is 14.6. The summed E-state index contributed by atoms with van der Waals surface area (Å²) >= 11 is 0. The monoisotopic (exact) mass is 337 g/mol. The summed E-state index contributed by atoms with van der Waals surface area (Å²) in [6.07, 6.45) is 1.55. The topological polar surface area (TPSA) is 77.2 Å². The predicted molar refractivity (Wildman–Crippen MR) is 94.2 cm³/mol. The summed E-state index contributed by atoms with van der Waals surface area (Å²) in [5.41, 5.74) is 3.92. The van der Waals surface area contributed by atoms with E-state index in [2.05, 4.69) is 15.5 Å². The standard InChI is InChI=1S/C19H19N3O3/c1-11-5-7-16(9-12(11)2)24-17-8-6-15(10-20-17)21-19(23)18-13(3)22-25-14(18)4/h5-10H,1-4H3,(H,21,23). The number of hydrogen-bond acceptors (Lipinski definition) is 5. The largest absolute Gasteiger partial charge is 0.439 e. The fraction of sp³-hybridized carbons (Fsp3) is 0.211. The lowest BCUT2D eigenvalue weighted by molar-refractivity contribution is 0.102. The molecule has 1 N–H and O–H groups in total. The number of nitrogens with one attached hydrogen (secondary N) is 1. The quantitative estimate of drug-likeness (QED) is 0.766. The summed E-state index contributed by atoms with van der Waals surface area (Å²) in [4.78, 5) is 16.5. The van der Waals surface area contributed by atoms with Crippen LogP contribution in [0.2, 0.25) is 0 Å². The fourth-order valence-electron chi connectivity index (χ4n) is 2.41. The van der Waals surface area contributed by atoms with Crippen LogP contribution >= 0.6 is 0 Å². The number of anilines is 1. The van der Waals surface area contributed by atoms with Crippen molar-refractivity contribution in [2.45, 2.75) is 27.7 Å². The maximum absolute atomic E-state index is 12.3. The Morgan fingerprint density at radius 3 is 2.48 bits per heavy atom. The second-order valence-electron chi connectivity index (χ2n) is 5.89. The Labute approximate surface area is 145 Å². The molecule has 0 fully saturated rings. The lowest BCUT2D eigenvalue weighted by atomic mass is 10.1. The van der Waals surface area contributed by atoms with E-state index in [9.17, 15) is 4.79 Å². The zero-order valence-electron chi connectivity index (χ0n) is 14.6. The van der Waals surface area contributed by atoms with Crippen LogP contribution in [0.4, 0.5) is 5.69 Å². The third kappa shape index (κ3) is 3.68. The van der Waals surface area contributed by atoms with Crippen LogP contribution in [0.5, 0.6) is 11.6 Å². The Kier molecular flexibility index (Phi) is 4.52. The van der Waals surface area contributed by atoms with Gasteiger partial charge in [0.05, 0.1) is 17.6 Å². The van der Waals surface area contributed by atoms with E-state index in [1.54, 1.807) is 32.2 Å². The van der Waals surface area contributed by atoms with Gasteiger partial charge in [0.1, 0.15) is 17.1 Å². The Morgan fingerprint density at radius 1 is 1.08 bits per heavy atom. The first-order chi connectivity index (χ1) is 11.9. The van der Waals surface area contributed by atoms with Gasteiger partial charge in [0, 0.05) is 6.07 Å². The fourth-order valence-corrected chi connectivity index (χ4v) is 2.41. The second kappa shape index (κ2) is 6.76. The third-order valence-corrected chi connectivity index (χ3v) is 3.96. The number of carbonyl (C=O) groups is 1. The molecule has 128 valence electrons. The van der Waals surface area contributed by atoms with Crippen LogP contribution in [-0.2, 0) is 0 Å². The lowest BCUT2D eigenvalue weighted by Gasteiger charge is -2.08. The van der Waals surface area contributed by atoms with Gasteiger partial charge in [-0.3, -0.25) is 4.79 Å². The van der Waals surface area contributed by atoms with E-state index in [4.69, 9.17) is 9.26 Å². The summed E-state index contributed by atoms with van der Waals surface area (Å²) in [6.45, 7) is 7.51. The maximum Gasteiger partial charge on any atom is 0.261 e. The van der Waals surface area contributed by atoms with Gasteiger partial charge in [-0.15, -0.1) is 0 Å². The van der Waals surface area contributed by atoms with Crippen molar-refractivity contribution >= 4 is 11.6 Å². The van der Waals surface area contributed by atoms with Gasteiger partial charge in [0.25, 0.3) is 5.91 Å². The zero-order chi connectivity index (χ0) is 18.0. The van der Waals surface area contributed by atoms with Crippen molar-refractivity contribution in [1.82, 2.24) is 10.1 Å². The number of ether oxygens (including phenoxy) is 1. The number of benzene rings is 1. The first kappa shape index (κ1) is 16.7. The summed E-state index contributed by atoms with van der Waals surface area (Å²) in [5.74, 6) is 1.39. The molecule has 0 spiro atoms. The summed E-state index contributed by atoms with van der Waals surface area (Å²) in [6, 6.07) is 9.31. The SMILES string of the molecule is Cc1ccc(Oc2ccc(NC(=O)c3c(C)noc3C)cn2)cc1C. The number of amides is 1. The number of carbonyl (C=O) groups excluding carboxylic acids is 1. The van der Waals surface area contributed by atoms with Crippen LogP contribution in [0.1, 0.15) is 32.9 Å². The van der Waals surface area contributed by atoms with Gasteiger partial charge in [0.2, 0.25) is 5.88 Å². The average molecular weight is 337 g/mol. The van der Waals surface area contributed by atoms with Gasteiger partial charge in [-0.05, 0) is 57.0 Å². The molecule has 0 saturated heterocycles. The molecule has 0 bridgehead atoms. The minimum atomic E-state index is -0.277. The minimum Gasteiger partial charge on any atom is -0.439 e. The second-order valence-corrected chi connectivity index (χ2v) is 5.89. The van der Waals surface area contributed by atoms with E-state index >= 15 is 0 Å². The van der Waals surface area contributed by atoms with Crippen LogP contribution in [0.3, 0.4) is 0 Å². The van der Waals surface area contributed by atoms with Gasteiger partial charge in [-0.2, -0.15) is 0 Å². The third-order valence-electron chi connectivity index (χ3n) is 3.96. The molecule has 0 radical (unpaired) electrons. The first-order valence-electron chi connectivity index (χ1n) is 7.89. The number of nitrogens with zero attached hydrogens (tertiary/aromatic N) is 2. The van der Waals surface area contributed by atoms with E-state index in [-0.39, 0.29) is 5.91 Å². The van der Waals surface area contributed by atoms with Crippen molar-refractivity contribution in [3.63, 3.8) is 0 Å². The molecular formula is C19H19N3O3. The summed E-state index contributed by atoms with van der Waals surface area (Å²) in [7, 11) is 0. The molecule has 6 nitrogen and oxygen atoms in total. The molecule has 1 amide bonds. The summed E-state index contributed by atoms with van der Waals surface area (Å²) < 4.78 is 10.7. The lowest BCUT2D eigenvalue weighted by Crippen LogP contribution is -2.13. The predicted octanol–water partition coefficient (Wildman–Crippen LogP) is 4.35. The van der Waals surface area contributed by atoms with E-state index in [1.165, 1.54) is 5.56 Å². The smallest absolute Gasteiger partial charge is 0.261 e. The van der Waals surface area contributed by atoms with Crippen LogP contribution in [0.25, 0.3) is 0 Å². The molecule has 1 aromatic carbocycles. The normalized spacial score (nSPS) is 10.6. The number of rotatable bonds is 4. The van der Waals surface area contributed by atoms with Crippen LogP contribution < -0.4 is 10.1 Å². The molecule has 25 heavy (non-hydrogen) atoms. The van der Waals surface area contributed by atoms with Gasteiger partial charge in [-0.25, -0.2) is 4.98 Å². The number of aryl methyl sites for hydroxylation is 4. The van der Waals surface area contributed by atoms with Crippen molar-refractivity contribution in [2.75, 3.05) is 5.32 Å². The molecule has 0 atom stereocenters. The molecule has 0 unspecified atom stereocenters. The van der Waals surface area contributed by atoms with Gasteiger partial charge in [-0.1, -0.05) is 11.2 Å². The summed E-state index contributed by atoms with van der Waals surface area (Å²) in [5, 5.41) is 6.56. The maximum atomic E-state index is 12.3. The Balaban J connectivity index is 1.70. The molecular weight excluding hydrogens is 318 g/mol. The molecule has 3 aromatic rings. The number of hydrogen-bond donors (Lipinski definition) is 1. The van der Waals surface area contributed by atoms with Gasteiger partial charge >= 0.3 is 0 Å². The molecule has 0 aliphatic heterocycles. The number of aromatic nitrogens is 2. The van der Waals surface area contributed by atoms with Crippen molar-refractivity contribution in [1.29, 1.82) is 0 Å². The molecule has 2 aromatic heterocycles. The molecule has 3 rings (SSSR count). The molecule has 0 aliphatic rings. The van der Waals surface area contributed by atoms with Crippen LogP contribution in [0.15, 0.2) is 41.1 Å². The highest BCUT2D eigenvalue weighted by Crippen LogP contribution is 2.23. The van der Waals surface area contributed by atoms with Crippen molar-refractivity contribution in [2.24, 2.45) is 0 Å². The number of pyridine rings is 1. The minimum absolute atomic E-state index is 0.277. The van der Waals surface area contributed by atoms with Crippen molar-refractivity contribution in [3.05, 3.63) is 64.7 Å². The van der Waals surface area contributed by atoms with Gasteiger partial charge < -0.3 is 14.6 Å².